The lowest BCUT2D eigenvalue weighted by molar-refractivity contribution is -0.137. The molecule has 1 N–H and O–H groups in total. The first kappa shape index (κ1) is 26.6. The van der Waals surface area contributed by atoms with Crippen LogP contribution in [0.2, 0.25) is 5.02 Å². The van der Waals surface area contributed by atoms with Crippen molar-refractivity contribution in [1.29, 1.82) is 0 Å². The molecular formula is C27H23ClF3N3O2S. The highest BCUT2D eigenvalue weighted by atomic mass is 35.5. The third-order valence-electron chi connectivity index (χ3n) is 5.96. The lowest BCUT2D eigenvalue weighted by Gasteiger charge is -2.24. The summed E-state index contributed by atoms with van der Waals surface area (Å²) >= 11 is 11.5. The van der Waals surface area contributed by atoms with Crippen LogP contribution < -0.4 is 10.2 Å². The first-order valence-electron chi connectivity index (χ1n) is 11.5. The number of nitrogens with zero attached hydrogens (tertiary/aromatic N) is 2. The van der Waals surface area contributed by atoms with Crippen LogP contribution in [0.15, 0.2) is 78.9 Å². The number of alkyl halides is 3. The molecule has 2 amide bonds. The summed E-state index contributed by atoms with van der Waals surface area (Å²) in [5.74, 6) is -0.974. The van der Waals surface area contributed by atoms with Gasteiger partial charge in [-0.3, -0.25) is 14.5 Å². The van der Waals surface area contributed by atoms with Crippen LogP contribution in [0.3, 0.4) is 0 Å². The molecular weight excluding hydrogens is 523 g/mol. The number of anilines is 2. The number of hydrogen-bond acceptors (Lipinski definition) is 3. The van der Waals surface area contributed by atoms with Crippen LogP contribution in [0.1, 0.15) is 24.0 Å². The number of carbonyl (C=O) groups excluding carboxylic acids is 2. The van der Waals surface area contributed by atoms with E-state index in [1.807, 2.05) is 30.3 Å². The average Bonchev–Trinajstić information content (AvgIpc) is 3.09. The quantitative estimate of drug-likeness (QED) is 0.336. The molecule has 1 fully saturated rings. The van der Waals surface area contributed by atoms with Gasteiger partial charge in [-0.25, -0.2) is 0 Å². The third-order valence-corrected chi connectivity index (χ3v) is 6.63. The number of amides is 2. The van der Waals surface area contributed by atoms with Crippen molar-refractivity contribution in [2.45, 2.75) is 31.5 Å². The van der Waals surface area contributed by atoms with Gasteiger partial charge < -0.3 is 10.2 Å². The first-order valence-corrected chi connectivity index (χ1v) is 12.3. The smallest absolute Gasteiger partial charge is 0.336 e. The van der Waals surface area contributed by atoms with Gasteiger partial charge in [-0.15, -0.1) is 0 Å². The SMILES string of the molecule is O=C(CC1C(=O)N(c2cccc(C(F)(F)F)c2)C(=S)N1CCCc1ccccc1)Nc1ccc(Cl)cc1. The molecule has 192 valence electrons. The van der Waals surface area contributed by atoms with Gasteiger partial charge in [0.25, 0.3) is 5.91 Å². The molecule has 1 aliphatic rings. The minimum absolute atomic E-state index is 0.0125. The predicted octanol–water partition coefficient (Wildman–Crippen LogP) is 6.32. The lowest BCUT2D eigenvalue weighted by atomic mass is 10.1. The van der Waals surface area contributed by atoms with E-state index in [0.29, 0.717) is 30.1 Å². The predicted molar refractivity (Wildman–Crippen MR) is 141 cm³/mol. The van der Waals surface area contributed by atoms with E-state index in [0.717, 1.165) is 22.6 Å². The van der Waals surface area contributed by atoms with Crippen molar-refractivity contribution in [1.82, 2.24) is 4.90 Å². The molecule has 3 aromatic rings. The van der Waals surface area contributed by atoms with Gasteiger partial charge in [0, 0.05) is 17.3 Å². The molecule has 37 heavy (non-hydrogen) atoms. The van der Waals surface area contributed by atoms with Gasteiger partial charge in [0.05, 0.1) is 17.7 Å². The fraction of sp³-hybridized carbons (Fsp3) is 0.222. The Morgan fingerprint density at radius 2 is 1.70 bits per heavy atom. The molecule has 0 aliphatic carbocycles. The number of halogens is 4. The van der Waals surface area contributed by atoms with Crippen molar-refractivity contribution in [3.05, 3.63) is 95.0 Å². The van der Waals surface area contributed by atoms with E-state index in [2.05, 4.69) is 5.32 Å². The number of nitrogens with one attached hydrogen (secondary N) is 1. The lowest BCUT2D eigenvalue weighted by Crippen LogP contribution is -2.38. The Labute approximate surface area is 222 Å². The van der Waals surface area contributed by atoms with E-state index < -0.39 is 29.6 Å². The van der Waals surface area contributed by atoms with E-state index >= 15 is 0 Å². The van der Waals surface area contributed by atoms with Crippen molar-refractivity contribution >= 4 is 52.1 Å². The molecule has 0 saturated carbocycles. The standard InChI is InChI=1S/C27H23ClF3N3O2S/c28-20-11-13-21(14-12-20)32-24(35)17-23-25(36)34(22-10-4-9-19(16-22)27(29,30)31)26(37)33(23)15-5-8-18-6-2-1-3-7-18/h1-4,6-7,9-14,16,23H,5,8,15,17H2,(H,32,35). The molecule has 0 spiro atoms. The molecule has 0 aromatic heterocycles. The van der Waals surface area contributed by atoms with Crippen LogP contribution >= 0.6 is 23.8 Å². The second-order valence-electron chi connectivity index (χ2n) is 8.56. The Balaban J connectivity index is 1.56. The van der Waals surface area contributed by atoms with E-state index in [9.17, 15) is 22.8 Å². The van der Waals surface area contributed by atoms with Crippen LogP contribution in [0.4, 0.5) is 24.5 Å². The summed E-state index contributed by atoms with van der Waals surface area (Å²) in [4.78, 5) is 29.0. The maximum absolute atomic E-state index is 13.5. The van der Waals surface area contributed by atoms with Crippen molar-refractivity contribution in [2.24, 2.45) is 0 Å². The molecule has 1 atom stereocenters. The summed E-state index contributed by atoms with van der Waals surface area (Å²) in [6.45, 7) is 0.355. The van der Waals surface area contributed by atoms with Crippen LogP contribution in [-0.4, -0.2) is 34.4 Å². The van der Waals surface area contributed by atoms with Gasteiger partial charge in [-0.05, 0) is 73.1 Å². The largest absolute Gasteiger partial charge is 0.416 e. The number of rotatable bonds is 8. The van der Waals surface area contributed by atoms with E-state index in [-0.39, 0.29) is 17.2 Å². The highest BCUT2D eigenvalue weighted by molar-refractivity contribution is 7.80. The number of benzene rings is 3. The molecule has 1 aliphatic heterocycles. The molecule has 1 saturated heterocycles. The molecule has 1 unspecified atom stereocenters. The van der Waals surface area contributed by atoms with Crippen molar-refractivity contribution in [3.63, 3.8) is 0 Å². The molecule has 4 rings (SSSR count). The minimum Gasteiger partial charge on any atom is -0.336 e. The topological polar surface area (TPSA) is 52.7 Å². The van der Waals surface area contributed by atoms with Gasteiger partial charge in [0.2, 0.25) is 5.91 Å². The molecule has 10 heteroatoms. The van der Waals surface area contributed by atoms with Gasteiger partial charge in [-0.2, -0.15) is 13.2 Å². The van der Waals surface area contributed by atoms with Crippen LogP contribution in [0, 0.1) is 0 Å². The summed E-state index contributed by atoms with van der Waals surface area (Å²) in [6, 6.07) is 19.8. The molecule has 0 bridgehead atoms. The Kier molecular flexibility index (Phi) is 8.14. The Morgan fingerprint density at radius 3 is 2.38 bits per heavy atom. The normalized spacial score (nSPS) is 15.8. The Hall–Kier alpha value is -3.43. The molecule has 1 heterocycles. The van der Waals surface area contributed by atoms with Crippen molar-refractivity contribution < 1.29 is 22.8 Å². The minimum atomic E-state index is -4.58. The van der Waals surface area contributed by atoms with Crippen LogP contribution in [0.25, 0.3) is 0 Å². The third kappa shape index (κ3) is 6.47. The summed E-state index contributed by atoms with van der Waals surface area (Å²) in [7, 11) is 0. The number of carbonyl (C=O) groups is 2. The second-order valence-corrected chi connectivity index (χ2v) is 9.36. The zero-order valence-corrected chi connectivity index (χ0v) is 21.1. The first-order chi connectivity index (χ1) is 17.6. The Morgan fingerprint density at radius 1 is 1.00 bits per heavy atom. The summed E-state index contributed by atoms with van der Waals surface area (Å²) < 4.78 is 40.0. The summed E-state index contributed by atoms with van der Waals surface area (Å²) in [5, 5.41) is 3.31. The molecule has 0 radical (unpaired) electrons. The van der Waals surface area contributed by atoms with Gasteiger partial charge in [0.1, 0.15) is 6.04 Å². The monoisotopic (exact) mass is 545 g/mol. The van der Waals surface area contributed by atoms with Crippen molar-refractivity contribution in [2.75, 3.05) is 16.8 Å². The van der Waals surface area contributed by atoms with E-state index in [1.54, 1.807) is 29.2 Å². The average molecular weight is 546 g/mol. The maximum Gasteiger partial charge on any atom is 0.416 e. The van der Waals surface area contributed by atoms with E-state index in [4.69, 9.17) is 23.8 Å². The van der Waals surface area contributed by atoms with E-state index in [1.165, 1.54) is 12.1 Å². The van der Waals surface area contributed by atoms with Crippen LogP contribution in [0.5, 0.6) is 0 Å². The zero-order chi connectivity index (χ0) is 26.6. The highest BCUT2D eigenvalue weighted by Gasteiger charge is 2.44. The summed E-state index contributed by atoms with van der Waals surface area (Å²) in [6.07, 6.45) is -3.46. The molecule has 5 nitrogen and oxygen atoms in total. The Bertz CT molecular complexity index is 1290. The zero-order valence-electron chi connectivity index (χ0n) is 19.5. The van der Waals surface area contributed by atoms with Gasteiger partial charge >= 0.3 is 6.18 Å². The summed E-state index contributed by atoms with van der Waals surface area (Å²) in [5.41, 5.74) is 0.733. The molecule has 3 aromatic carbocycles. The number of thiocarbonyl (C=S) groups is 1. The maximum atomic E-state index is 13.5. The van der Waals surface area contributed by atoms with Gasteiger partial charge in [-0.1, -0.05) is 48.0 Å². The second kappa shape index (κ2) is 11.3. The fourth-order valence-corrected chi connectivity index (χ4v) is 4.71. The van der Waals surface area contributed by atoms with Crippen LogP contribution in [-0.2, 0) is 22.2 Å². The van der Waals surface area contributed by atoms with Gasteiger partial charge in [0.15, 0.2) is 5.11 Å². The number of aryl methyl sites for hydroxylation is 1. The van der Waals surface area contributed by atoms with Crippen molar-refractivity contribution in [3.8, 4) is 0 Å². The number of hydrogen-bond donors (Lipinski definition) is 1. The highest BCUT2D eigenvalue weighted by Crippen LogP contribution is 2.34. The fourth-order valence-electron chi connectivity index (χ4n) is 4.17.